The van der Waals surface area contributed by atoms with Gasteiger partial charge in [0.05, 0.1) is 0 Å². The lowest BCUT2D eigenvalue weighted by molar-refractivity contribution is -0.132. The summed E-state index contributed by atoms with van der Waals surface area (Å²) in [6.07, 6.45) is 5.01. The van der Waals surface area contributed by atoms with E-state index in [4.69, 9.17) is 5.11 Å². The molecule has 0 spiro atoms. The fourth-order valence-electron chi connectivity index (χ4n) is 1.18. The molecule has 0 unspecified atom stereocenters. The molecule has 3 nitrogen and oxygen atoms in total. The maximum Gasteiger partial charge on any atom is 0.331 e. The molecule has 1 rings (SSSR count). The lowest BCUT2D eigenvalue weighted by Gasteiger charge is -2.19. The van der Waals surface area contributed by atoms with Gasteiger partial charge in [-0.3, -0.25) is 0 Å². The van der Waals surface area contributed by atoms with Gasteiger partial charge in [-0.15, -0.1) is 0 Å². The van der Waals surface area contributed by atoms with Crippen molar-refractivity contribution in [2.24, 2.45) is 0 Å². The van der Waals surface area contributed by atoms with Crippen LogP contribution in [0.5, 0.6) is 0 Å². The van der Waals surface area contributed by atoms with Gasteiger partial charge in [0.1, 0.15) is 0 Å². The van der Waals surface area contributed by atoms with E-state index in [9.17, 15) is 4.79 Å². The van der Waals surface area contributed by atoms with Gasteiger partial charge in [0, 0.05) is 25.4 Å². The molecule has 12 heavy (non-hydrogen) atoms. The maximum atomic E-state index is 10.5. The number of hydrogen-bond acceptors (Lipinski definition) is 2. The maximum absolute atomic E-state index is 10.5. The Balaban J connectivity index is 2.73. The van der Waals surface area contributed by atoms with E-state index in [-0.39, 0.29) is 0 Å². The predicted octanol–water partition coefficient (Wildman–Crippen LogP) is 1.24. The van der Waals surface area contributed by atoms with E-state index in [1.807, 2.05) is 25.1 Å². The average molecular weight is 167 g/mol. The highest BCUT2D eigenvalue weighted by Gasteiger charge is 2.12. The molecular weight excluding hydrogens is 154 g/mol. The first kappa shape index (κ1) is 8.84. The van der Waals surface area contributed by atoms with Crippen molar-refractivity contribution in [1.29, 1.82) is 0 Å². The van der Waals surface area contributed by atoms with Crippen LogP contribution >= 0.6 is 0 Å². The van der Waals surface area contributed by atoms with Crippen LogP contribution in [0.2, 0.25) is 0 Å². The highest BCUT2D eigenvalue weighted by molar-refractivity contribution is 5.87. The van der Waals surface area contributed by atoms with Crippen molar-refractivity contribution in [3.05, 3.63) is 23.4 Å². The molecule has 0 aromatic carbocycles. The van der Waals surface area contributed by atoms with Crippen LogP contribution in [0.25, 0.3) is 0 Å². The Kier molecular flexibility index (Phi) is 2.53. The number of rotatable bonds is 2. The van der Waals surface area contributed by atoms with E-state index >= 15 is 0 Å². The average Bonchev–Trinajstić information content (AvgIpc) is 2.04. The van der Waals surface area contributed by atoms with Crippen molar-refractivity contribution in [2.75, 3.05) is 14.1 Å². The first-order valence-electron chi connectivity index (χ1n) is 3.91. The third kappa shape index (κ3) is 1.87. The molecule has 0 radical (unpaired) electrons. The number of nitrogens with zero attached hydrogens (tertiary/aromatic N) is 1. The van der Waals surface area contributed by atoms with E-state index in [1.165, 1.54) is 5.70 Å². The molecule has 0 aromatic heterocycles. The van der Waals surface area contributed by atoms with Crippen molar-refractivity contribution in [3.63, 3.8) is 0 Å². The first-order chi connectivity index (χ1) is 5.61. The molecule has 0 fully saturated rings. The second-order valence-electron chi connectivity index (χ2n) is 3.05. The van der Waals surface area contributed by atoms with Gasteiger partial charge in [0.15, 0.2) is 0 Å². The minimum Gasteiger partial charge on any atom is -0.478 e. The molecule has 1 aliphatic carbocycles. The van der Waals surface area contributed by atoms with Gasteiger partial charge >= 0.3 is 5.97 Å². The standard InChI is InChI=1S/C9H13NO2/c1-10(2)8-5-3-7(4-6-8)9(11)12/h3,5H,4,6H2,1-2H3,(H,11,12). The molecule has 0 atom stereocenters. The summed E-state index contributed by atoms with van der Waals surface area (Å²) in [5.74, 6) is -0.802. The van der Waals surface area contributed by atoms with E-state index in [1.54, 1.807) is 6.08 Å². The quantitative estimate of drug-likeness (QED) is 0.672. The van der Waals surface area contributed by atoms with Gasteiger partial charge in [-0.2, -0.15) is 0 Å². The number of hydrogen-bond donors (Lipinski definition) is 1. The van der Waals surface area contributed by atoms with Crippen LogP contribution in [0.1, 0.15) is 12.8 Å². The molecule has 3 heteroatoms. The van der Waals surface area contributed by atoms with Crippen molar-refractivity contribution in [1.82, 2.24) is 4.90 Å². The Morgan fingerprint density at radius 3 is 2.42 bits per heavy atom. The van der Waals surface area contributed by atoms with Crippen molar-refractivity contribution in [3.8, 4) is 0 Å². The van der Waals surface area contributed by atoms with Crippen molar-refractivity contribution in [2.45, 2.75) is 12.8 Å². The number of carbonyl (C=O) groups is 1. The fourth-order valence-corrected chi connectivity index (χ4v) is 1.18. The van der Waals surface area contributed by atoms with E-state index in [0.29, 0.717) is 12.0 Å². The largest absolute Gasteiger partial charge is 0.478 e. The highest BCUT2D eigenvalue weighted by atomic mass is 16.4. The molecule has 0 bridgehead atoms. The minimum absolute atomic E-state index is 0.501. The molecule has 0 aromatic rings. The van der Waals surface area contributed by atoms with Gasteiger partial charge in [-0.25, -0.2) is 4.79 Å². The molecule has 0 amide bonds. The topological polar surface area (TPSA) is 40.5 Å². The Morgan fingerprint density at radius 2 is 2.08 bits per heavy atom. The first-order valence-corrected chi connectivity index (χ1v) is 3.91. The predicted molar refractivity (Wildman–Crippen MR) is 46.7 cm³/mol. The molecule has 66 valence electrons. The van der Waals surface area contributed by atoms with Crippen LogP contribution in [-0.2, 0) is 4.79 Å². The zero-order valence-electron chi connectivity index (χ0n) is 7.37. The summed E-state index contributed by atoms with van der Waals surface area (Å²) >= 11 is 0. The van der Waals surface area contributed by atoms with Crippen LogP contribution in [0.15, 0.2) is 23.4 Å². The SMILES string of the molecule is CN(C)C1=CC=C(C(=O)O)CC1. The number of carboxylic acid groups (broad SMARTS) is 1. The molecule has 0 aliphatic heterocycles. The molecule has 0 saturated carbocycles. The Bertz CT molecular complexity index is 251. The Hall–Kier alpha value is -1.25. The summed E-state index contributed by atoms with van der Waals surface area (Å²) < 4.78 is 0. The minimum atomic E-state index is -0.802. The summed E-state index contributed by atoms with van der Waals surface area (Å²) in [7, 11) is 3.93. The second kappa shape index (κ2) is 3.43. The van der Waals surface area contributed by atoms with Crippen LogP contribution in [0.3, 0.4) is 0 Å². The summed E-state index contributed by atoms with van der Waals surface area (Å²) in [5.41, 5.74) is 1.68. The van der Waals surface area contributed by atoms with Gasteiger partial charge < -0.3 is 10.0 Å². The van der Waals surface area contributed by atoms with Crippen molar-refractivity contribution >= 4 is 5.97 Å². The molecule has 0 heterocycles. The normalized spacial score (nSPS) is 16.5. The van der Waals surface area contributed by atoms with E-state index < -0.39 is 5.97 Å². The summed E-state index contributed by atoms with van der Waals surface area (Å²) in [5, 5.41) is 8.65. The van der Waals surface area contributed by atoms with Crippen LogP contribution in [0, 0.1) is 0 Å². The molecule has 0 saturated heterocycles. The summed E-state index contributed by atoms with van der Waals surface area (Å²) in [6, 6.07) is 0. The number of allylic oxidation sites excluding steroid dienone is 3. The zero-order chi connectivity index (χ0) is 9.14. The van der Waals surface area contributed by atoms with E-state index in [0.717, 1.165) is 6.42 Å². The van der Waals surface area contributed by atoms with Crippen LogP contribution in [-0.4, -0.2) is 30.1 Å². The van der Waals surface area contributed by atoms with E-state index in [2.05, 4.69) is 0 Å². The third-order valence-electron chi connectivity index (χ3n) is 1.98. The lowest BCUT2D eigenvalue weighted by atomic mass is 10.0. The molecule has 1 N–H and O–H groups in total. The fraction of sp³-hybridized carbons (Fsp3) is 0.444. The lowest BCUT2D eigenvalue weighted by Crippen LogP contribution is -2.14. The smallest absolute Gasteiger partial charge is 0.331 e. The van der Waals surface area contributed by atoms with Crippen LogP contribution in [0.4, 0.5) is 0 Å². The number of aliphatic carboxylic acids is 1. The van der Waals surface area contributed by atoms with Gasteiger partial charge in [-0.05, 0) is 18.9 Å². The summed E-state index contributed by atoms with van der Waals surface area (Å²) in [4.78, 5) is 12.5. The van der Waals surface area contributed by atoms with Crippen molar-refractivity contribution < 1.29 is 9.90 Å². The summed E-state index contributed by atoms with van der Waals surface area (Å²) in [6.45, 7) is 0. The zero-order valence-corrected chi connectivity index (χ0v) is 7.37. The van der Waals surface area contributed by atoms with Gasteiger partial charge in [0.25, 0.3) is 0 Å². The highest BCUT2D eigenvalue weighted by Crippen LogP contribution is 2.19. The molecule has 1 aliphatic rings. The third-order valence-corrected chi connectivity index (χ3v) is 1.98. The Labute approximate surface area is 72.0 Å². The monoisotopic (exact) mass is 167 g/mol. The second-order valence-corrected chi connectivity index (χ2v) is 3.05. The Morgan fingerprint density at radius 1 is 1.42 bits per heavy atom. The molecular formula is C9H13NO2. The number of carboxylic acids is 1. The van der Waals surface area contributed by atoms with Gasteiger partial charge in [0.2, 0.25) is 0 Å². The van der Waals surface area contributed by atoms with Crippen LogP contribution < -0.4 is 0 Å². The van der Waals surface area contributed by atoms with Gasteiger partial charge in [-0.1, -0.05) is 6.08 Å².